The Labute approximate surface area is 197 Å². The van der Waals surface area contributed by atoms with E-state index in [1.54, 1.807) is 22.6 Å². The van der Waals surface area contributed by atoms with Crippen molar-refractivity contribution < 1.29 is 9.21 Å². The number of anilines is 1. The van der Waals surface area contributed by atoms with Crippen molar-refractivity contribution in [2.45, 2.75) is 18.9 Å². The van der Waals surface area contributed by atoms with Crippen molar-refractivity contribution in [2.24, 2.45) is 5.10 Å². The Morgan fingerprint density at radius 2 is 2.00 bits per heavy atom. The summed E-state index contributed by atoms with van der Waals surface area (Å²) in [6.07, 6.45) is 3.28. The first-order valence-corrected chi connectivity index (χ1v) is 12.0. The van der Waals surface area contributed by atoms with Crippen LogP contribution in [0.5, 0.6) is 0 Å². The van der Waals surface area contributed by atoms with Crippen molar-refractivity contribution in [1.29, 1.82) is 5.26 Å². The summed E-state index contributed by atoms with van der Waals surface area (Å²) in [5.41, 5.74) is 2.72. The summed E-state index contributed by atoms with van der Waals surface area (Å²) in [5, 5.41) is 17.4. The summed E-state index contributed by atoms with van der Waals surface area (Å²) < 4.78 is 5.65. The normalized spacial score (nSPS) is 19.2. The highest BCUT2D eigenvalue weighted by atomic mass is 32.1. The molecule has 168 valence electrons. The molecule has 0 saturated carbocycles. The average Bonchev–Trinajstić information content (AvgIpc) is 3.59. The van der Waals surface area contributed by atoms with Gasteiger partial charge in [-0.1, -0.05) is 6.07 Å². The predicted molar refractivity (Wildman–Crippen MR) is 128 cm³/mol. The maximum Gasteiger partial charge on any atom is 0.257 e. The van der Waals surface area contributed by atoms with Crippen LogP contribution in [0.2, 0.25) is 0 Å². The van der Waals surface area contributed by atoms with Crippen LogP contribution in [0.25, 0.3) is 0 Å². The zero-order chi connectivity index (χ0) is 22.6. The molecule has 2 aliphatic rings. The highest BCUT2D eigenvalue weighted by Crippen LogP contribution is 2.34. The van der Waals surface area contributed by atoms with Gasteiger partial charge in [0.1, 0.15) is 11.8 Å². The van der Waals surface area contributed by atoms with Crippen LogP contribution in [0.1, 0.15) is 35.1 Å². The van der Waals surface area contributed by atoms with E-state index in [4.69, 9.17) is 14.8 Å². The molecule has 0 spiro atoms. The zero-order valence-corrected chi connectivity index (χ0v) is 19.1. The lowest BCUT2D eigenvalue weighted by Crippen LogP contribution is -2.40. The number of carbonyl (C=O) groups excluding carboxylic acids is 1. The second-order valence-electron chi connectivity index (χ2n) is 8.27. The highest BCUT2D eigenvalue weighted by molar-refractivity contribution is 7.12. The van der Waals surface area contributed by atoms with Gasteiger partial charge in [-0.15, -0.1) is 11.3 Å². The first-order valence-electron chi connectivity index (χ1n) is 11.2. The van der Waals surface area contributed by atoms with Crippen LogP contribution in [0, 0.1) is 11.3 Å². The number of furan rings is 1. The number of benzene rings is 1. The van der Waals surface area contributed by atoms with Crippen molar-refractivity contribution in [1.82, 2.24) is 9.91 Å². The van der Waals surface area contributed by atoms with Gasteiger partial charge in [-0.05, 0) is 54.3 Å². The monoisotopic (exact) mass is 459 g/mol. The fourth-order valence-electron chi connectivity index (χ4n) is 4.43. The first-order chi connectivity index (χ1) is 16.2. The fraction of sp³-hybridized carbons (Fsp3) is 0.320. The molecule has 1 amide bonds. The molecule has 0 radical (unpaired) electrons. The molecule has 4 heterocycles. The summed E-state index contributed by atoms with van der Waals surface area (Å²) in [6.45, 7) is 3.76. The highest BCUT2D eigenvalue weighted by Gasteiger charge is 2.35. The van der Waals surface area contributed by atoms with Crippen molar-refractivity contribution in [3.05, 3.63) is 76.4 Å². The molecular formula is C25H25N5O2S. The largest absolute Gasteiger partial charge is 0.467 e. The van der Waals surface area contributed by atoms with Gasteiger partial charge in [0.05, 0.1) is 35.0 Å². The number of amides is 1. The van der Waals surface area contributed by atoms with Crippen LogP contribution >= 0.6 is 11.3 Å². The van der Waals surface area contributed by atoms with E-state index in [2.05, 4.69) is 15.9 Å². The first kappa shape index (κ1) is 21.4. The molecule has 8 heteroatoms. The van der Waals surface area contributed by atoms with Gasteiger partial charge in [-0.2, -0.15) is 10.4 Å². The molecule has 0 aliphatic carbocycles. The molecule has 33 heavy (non-hydrogen) atoms. The van der Waals surface area contributed by atoms with Crippen LogP contribution in [0.4, 0.5) is 5.69 Å². The van der Waals surface area contributed by atoms with Crippen LogP contribution in [0.3, 0.4) is 0 Å². The number of thiophene rings is 1. The molecule has 2 aromatic heterocycles. The van der Waals surface area contributed by atoms with Crippen LogP contribution in [-0.2, 0) is 4.79 Å². The number of hydrogen-bond acceptors (Lipinski definition) is 7. The van der Waals surface area contributed by atoms with Crippen molar-refractivity contribution in [3.63, 3.8) is 0 Å². The smallest absolute Gasteiger partial charge is 0.257 e. The molecule has 1 atom stereocenters. The molecule has 1 fully saturated rings. The van der Waals surface area contributed by atoms with E-state index < -0.39 is 0 Å². The molecule has 3 aromatic rings. The predicted octanol–water partition coefficient (Wildman–Crippen LogP) is 4.10. The second kappa shape index (κ2) is 9.61. The molecule has 7 nitrogen and oxygen atoms in total. The number of hydrazone groups is 1. The van der Waals surface area contributed by atoms with Gasteiger partial charge in [-0.25, -0.2) is 5.01 Å². The van der Waals surface area contributed by atoms with E-state index in [0.29, 0.717) is 18.5 Å². The molecule has 2 aliphatic heterocycles. The molecule has 1 saturated heterocycles. The van der Waals surface area contributed by atoms with E-state index in [0.717, 1.165) is 54.6 Å². The lowest BCUT2D eigenvalue weighted by atomic mass is 10.1. The summed E-state index contributed by atoms with van der Waals surface area (Å²) in [5.74, 6) is 0.760. The molecule has 5 rings (SSSR count). The quantitative estimate of drug-likeness (QED) is 0.574. The Balaban J connectivity index is 1.26. The minimum Gasteiger partial charge on any atom is -0.467 e. The van der Waals surface area contributed by atoms with Crippen molar-refractivity contribution >= 4 is 28.6 Å². The summed E-state index contributed by atoms with van der Waals surface area (Å²) >= 11 is 1.64. The van der Waals surface area contributed by atoms with Gasteiger partial charge >= 0.3 is 0 Å². The molecule has 1 unspecified atom stereocenters. The Kier molecular flexibility index (Phi) is 6.24. The molecule has 0 N–H and O–H groups in total. The summed E-state index contributed by atoms with van der Waals surface area (Å²) in [7, 11) is 0. The van der Waals surface area contributed by atoms with E-state index in [9.17, 15) is 4.79 Å². The number of carbonyl (C=O) groups is 1. The maximum absolute atomic E-state index is 13.4. The topological polar surface area (TPSA) is 76.1 Å². The van der Waals surface area contributed by atoms with Gasteiger partial charge < -0.3 is 9.32 Å². The Morgan fingerprint density at radius 3 is 2.73 bits per heavy atom. The van der Waals surface area contributed by atoms with Gasteiger partial charge in [0.2, 0.25) is 0 Å². The molecular weight excluding hydrogens is 434 g/mol. The number of rotatable bonds is 5. The van der Waals surface area contributed by atoms with Crippen LogP contribution < -0.4 is 4.90 Å². The molecule has 0 bridgehead atoms. The third-order valence-corrected chi connectivity index (χ3v) is 7.07. The number of nitrogens with zero attached hydrogens (tertiary/aromatic N) is 5. The number of hydrogen-bond donors (Lipinski definition) is 0. The van der Waals surface area contributed by atoms with Crippen molar-refractivity contribution in [2.75, 3.05) is 37.6 Å². The third-order valence-electron chi connectivity index (χ3n) is 6.15. The Morgan fingerprint density at radius 1 is 1.12 bits per heavy atom. The van der Waals surface area contributed by atoms with Crippen molar-refractivity contribution in [3.8, 4) is 6.07 Å². The average molecular weight is 460 g/mol. The fourth-order valence-corrected chi connectivity index (χ4v) is 5.15. The minimum atomic E-state index is -0.202. The second-order valence-corrected chi connectivity index (χ2v) is 9.22. The van der Waals surface area contributed by atoms with E-state index in [1.165, 1.54) is 0 Å². The zero-order valence-electron chi connectivity index (χ0n) is 18.3. The van der Waals surface area contributed by atoms with E-state index in [-0.39, 0.29) is 11.9 Å². The summed E-state index contributed by atoms with van der Waals surface area (Å²) in [6, 6.07) is 17.5. The third kappa shape index (κ3) is 4.70. The number of nitriles is 1. The van der Waals surface area contributed by atoms with E-state index >= 15 is 0 Å². The lowest BCUT2D eigenvalue weighted by molar-refractivity contribution is -0.134. The van der Waals surface area contributed by atoms with Gasteiger partial charge in [-0.3, -0.25) is 9.69 Å². The van der Waals surface area contributed by atoms with Crippen LogP contribution in [-0.4, -0.2) is 54.3 Å². The Bertz CT molecular complexity index is 1150. The SMILES string of the molecule is N#Cc1ccc(N2CCCN(CC(=O)N3N=C(c4cccs4)CC3c3ccco3)CC2)cc1. The van der Waals surface area contributed by atoms with Gasteiger partial charge in [0, 0.05) is 38.3 Å². The van der Waals surface area contributed by atoms with E-state index in [1.807, 2.05) is 53.9 Å². The Hall–Kier alpha value is -3.41. The minimum absolute atomic E-state index is 0.00483. The van der Waals surface area contributed by atoms with Gasteiger partial charge in [0.25, 0.3) is 5.91 Å². The molecule has 1 aromatic carbocycles. The maximum atomic E-state index is 13.4. The standard InChI is InChI=1S/C25H25N5O2S/c26-17-19-6-8-20(9-7-19)29-11-3-10-28(12-13-29)18-25(31)30-22(23-4-1-14-32-23)16-21(27-30)24-5-2-15-33-24/h1-2,4-9,14-15,22H,3,10-13,16,18H2. The van der Waals surface area contributed by atoms with Crippen LogP contribution in [0.15, 0.2) is 69.7 Å². The van der Waals surface area contributed by atoms with Gasteiger partial charge in [0.15, 0.2) is 0 Å². The summed E-state index contributed by atoms with van der Waals surface area (Å²) in [4.78, 5) is 19.0. The lowest BCUT2D eigenvalue weighted by Gasteiger charge is -2.25.